The Hall–Kier alpha value is -1.32. The number of aromatic amines is 1. The molecule has 1 aromatic carbocycles. The number of nitrogens with one attached hydrogen (secondary N) is 2. The molecule has 0 aliphatic rings. The van der Waals surface area contributed by atoms with Crippen LogP contribution in [0.4, 0.5) is 0 Å². The Balaban J connectivity index is 1.75. The van der Waals surface area contributed by atoms with E-state index in [1.54, 1.807) is 0 Å². The zero-order chi connectivity index (χ0) is 13.7. The van der Waals surface area contributed by atoms with Gasteiger partial charge < -0.3 is 5.32 Å². The smallest absolute Gasteiger partial charge is 0.0522 e. The minimum Gasteiger partial charge on any atom is -0.310 e. The second-order valence-corrected chi connectivity index (χ2v) is 5.29. The molecule has 0 bridgehead atoms. The zero-order valence-electron chi connectivity index (χ0n) is 11.4. The van der Waals surface area contributed by atoms with Gasteiger partial charge in [0.15, 0.2) is 0 Å². The van der Waals surface area contributed by atoms with Gasteiger partial charge in [-0.3, -0.25) is 5.10 Å². The van der Waals surface area contributed by atoms with Gasteiger partial charge in [0.1, 0.15) is 0 Å². The van der Waals surface area contributed by atoms with E-state index in [9.17, 15) is 0 Å². The molecule has 2 N–H and O–H groups in total. The van der Waals surface area contributed by atoms with E-state index < -0.39 is 0 Å². The van der Waals surface area contributed by atoms with E-state index in [0.29, 0.717) is 6.04 Å². The zero-order valence-corrected chi connectivity index (χ0v) is 12.2. The van der Waals surface area contributed by atoms with Crippen molar-refractivity contribution < 1.29 is 0 Å². The number of hydrogen-bond donors (Lipinski definition) is 2. The highest BCUT2D eigenvalue weighted by Crippen LogP contribution is 2.17. The predicted octanol–water partition coefficient (Wildman–Crippen LogP) is 3.65. The number of halogens is 1. The Labute approximate surface area is 119 Å². The number of H-pyrrole nitrogens is 1. The summed E-state index contributed by atoms with van der Waals surface area (Å²) in [5, 5.41) is 11.3. The molecule has 1 atom stereocenters. The van der Waals surface area contributed by atoms with Gasteiger partial charge in [-0.2, -0.15) is 5.10 Å². The third kappa shape index (κ3) is 4.08. The molecule has 2 rings (SSSR count). The van der Waals surface area contributed by atoms with E-state index in [0.717, 1.165) is 24.4 Å². The SMILES string of the molecule is Cc1[nH]ncc1CCCNC(C)c1cccc(Cl)c1. The summed E-state index contributed by atoms with van der Waals surface area (Å²) in [4.78, 5) is 0. The monoisotopic (exact) mass is 277 g/mol. The molecular weight excluding hydrogens is 258 g/mol. The summed E-state index contributed by atoms with van der Waals surface area (Å²) in [6.07, 6.45) is 4.07. The summed E-state index contributed by atoms with van der Waals surface area (Å²) in [5.41, 5.74) is 3.70. The lowest BCUT2D eigenvalue weighted by Gasteiger charge is -2.14. The average Bonchev–Trinajstić information content (AvgIpc) is 2.80. The first-order valence-electron chi connectivity index (χ1n) is 6.64. The molecule has 0 spiro atoms. The lowest BCUT2D eigenvalue weighted by molar-refractivity contribution is 0.558. The van der Waals surface area contributed by atoms with Crippen molar-refractivity contribution in [2.45, 2.75) is 32.7 Å². The fourth-order valence-corrected chi connectivity index (χ4v) is 2.32. The number of nitrogens with zero attached hydrogens (tertiary/aromatic N) is 1. The van der Waals surface area contributed by atoms with Crippen molar-refractivity contribution >= 4 is 11.6 Å². The summed E-state index contributed by atoms with van der Waals surface area (Å²) in [5.74, 6) is 0. The first kappa shape index (κ1) is 14.1. The molecule has 0 saturated carbocycles. The van der Waals surface area contributed by atoms with E-state index in [4.69, 9.17) is 11.6 Å². The molecule has 0 aliphatic heterocycles. The normalized spacial score (nSPS) is 12.6. The van der Waals surface area contributed by atoms with Gasteiger partial charge in [-0.15, -0.1) is 0 Å². The predicted molar refractivity (Wildman–Crippen MR) is 79.5 cm³/mol. The van der Waals surface area contributed by atoms with E-state index in [1.165, 1.54) is 16.8 Å². The summed E-state index contributed by atoms with van der Waals surface area (Å²) < 4.78 is 0. The number of aryl methyl sites for hydroxylation is 2. The maximum atomic E-state index is 6.00. The molecule has 1 heterocycles. The molecule has 0 amide bonds. The van der Waals surface area contributed by atoms with Gasteiger partial charge in [0.2, 0.25) is 0 Å². The Bertz CT molecular complexity index is 522. The van der Waals surface area contributed by atoms with Gasteiger partial charge in [0, 0.05) is 16.8 Å². The summed E-state index contributed by atoms with van der Waals surface area (Å²) in [6, 6.07) is 8.33. The van der Waals surface area contributed by atoms with E-state index >= 15 is 0 Å². The van der Waals surface area contributed by atoms with Crippen molar-refractivity contribution in [3.8, 4) is 0 Å². The van der Waals surface area contributed by atoms with Crippen LogP contribution in [0.2, 0.25) is 5.02 Å². The van der Waals surface area contributed by atoms with Crippen molar-refractivity contribution in [3.05, 3.63) is 52.3 Å². The Kier molecular flexibility index (Phi) is 5.00. The first-order chi connectivity index (χ1) is 9.16. The van der Waals surface area contributed by atoms with Gasteiger partial charge in [-0.05, 0) is 56.5 Å². The minimum absolute atomic E-state index is 0.323. The van der Waals surface area contributed by atoms with Crippen LogP contribution in [-0.2, 0) is 6.42 Å². The molecule has 1 unspecified atom stereocenters. The molecule has 0 saturated heterocycles. The Morgan fingerprint density at radius 3 is 2.95 bits per heavy atom. The molecule has 0 fully saturated rings. The van der Waals surface area contributed by atoms with Gasteiger partial charge in [-0.25, -0.2) is 0 Å². The highest BCUT2D eigenvalue weighted by Gasteiger charge is 2.05. The maximum absolute atomic E-state index is 6.00. The number of aromatic nitrogens is 2. The lowest BCUT2D eigenvalue weighted by atomic mass is 10.1. The average molecular weight is 278 g/mol. The highest BCUT2D eigenvalue weighted by molar-refractivity contribution is 6.30. The van der Waals surface area contributed by atoms with E-state index in [1.807, 2.05) is 24.4 Å². The Morgan fingerprint density at radius 2 is 2.26 bits per heavy atom. The van der Waals surface area contributed by atoms with Crippen LogP contribution in [0, 0.1) is 6.92 Å². The summed E-state index contributed by atoms with van der Waals surface area (Å²) in [6.45, 7) is 5.21. The molecule has 0 radical (unpaired) electrons. The molecule has 4 heteroatoms. The third-order valence-electron chi connectivity index (χ3n) is 3.36. The third-order valence-corrected chi connectivity index (χ3v) is 3.59. The van der Waals surface area contributed by atoms with Crippen molar-refractivity contribution in [2.75, 3.05) is 6.54 Å². The van der Waals surface area contributed by atoms with Crippen LogP contribution in [0.5, 0.6) is 0 Å². The topological polar surface area (TPSA) is 40.7 Å². The van der Waals surface area contributed by atoms with E-state index in [-0.39, 0.29) is 0 Å². The molecule has 0 aliphatic carbocycles. The number of rotatable bonds is 6. The molecular formula is C15H20ClN3. The number of hydrogen-bond acceptors (Lipinski definition) is 2. The Morgan fingerprint density at radius 1 is 1.42 bits per heavy atom. The van der Waals surface area contributed by atoms with Crippen LogP contribution in [-0.4, -0.2) is 16.7 Å². The van der Waals surface area contributed by atoms with Gasteiger partial charge in [0.25, 0.3) is 0 Å². The summed E-state index contributed by atoms with van der Waals surface area (Å²) in [7, 11) is 0. The fraction of sp³-hybridized carbons (Fsp3) is 0.400. The van der Waals surface area contributed by atoms with Crippen LogP contribution in [0.3, 0.4) is 0 Å². The van der Waals surface area contributed by atoms with Crippen LogP contribution in [0.1, 0.15) is 36.2 Å². The van der Waals surface area contributed by atoms with Crippen molar-refractivity contribution in [1.29, 1.82) is 0 Å². The molecule has 1 aromatic heterocycles. The van der Waals surface area contributed by atoms with Gasteiger partial charge in [0.05, 0.1) is 6.20 Å². The quantitative estimate of drug-likeness (QED) is 0.791. The molecule has 2 aromatic rings. The standard InChI is InChI=1S/C15H20ClN3/c1-11(13-5-3-7-15(16)9-13)17-8-4-6-14-10-18-19-12(14)2/h3,5,7,9-11,17H,4,6,8H2,1-2H3,(H,18,19). The first-order valence-corrected chi connectivity index (χ1v) is 7.02. The van der Waals surface area contributed by atoms with Crippen LogP contribution >= 0.6 is 11.6 Å². The van der Waals surface area contributed by atoms with E-state index in [2.05, 4.69) is 35.4 Å². The minimum atomic E-state index is 0.323. The highest BCUT2D eigenvalue weighted by atomic mass is 35.5. The molecule has 19 heavy (non-hydrogen) atoms. The van der Waals surface area contributed by atoms with Crippen LogP contribution in [0.25, 0.3) is 0 Å². The van der Waals surface area contributed by atoms with Crippen molar-refractivity contribution in [2.24, 2.45) is 0 Å². The molecule has 3 nitrogen and oxygen atoms in total. The second-order valence-electron chi connectivity index (χ2n) is 4.85. The van der Waals surface area contributed by atoms with Gasteiger partial charge >= 0.3 is 0 Å². The maximum Gasteiger partial charge on any atom is 0.0522 e. The largest absolute Gasteiger partial charge is 0.310 e. The number of benzene rings is 1. The second kappa shape index (κ2) is 6.73. The lowest BCUT2D eigenvalue weighted by Crippen LogP contribution is -2.20. The fourth-order valence-electron chi connectivity index (χ4n) is 2.12. The van der Waals surface area contributed by atoms with Crippen molar-refractivity contribution in [3.63, 3.8) is 0 Å². The van der Waals surface area contributed by atoms with Crippen molar-refractivity contribution in [1.82, 2.24) is 15.5 Å². The van der Waals surface area contributed by atoms with Crippen LogP contribution < -0.4 is 5.32 Å². The summed E-state index contributed by atoms with van der Waals surface area (Å²) >= 11 is 6.00. The van der Waals surface area contributed by atoms with Gasteiger partial charge in [-0.1, -0.05) is 23.7 Å². The molecule has 102 valence electrons. The van der Waals surface area contributed by atoms with Crippen LogP contribution in [0.15, 0.2) is 30.5 Å².